The Balaban J connectivity index is 1.39. The highest BCUT2D eigenvalue weighted by molar-refractivity contribution is 6.30. The predicted octanol–water partition coefficient (Wildman–Crippen LogP) is 5.45. The number of H-pyrrole nitrogens is 1. The first-order chi connectivity index (χ1) is 17.9. The quantitative estimate of drug-likeness (QED) is 0.340. The molecule has 8 heteroatoms. The number of fused-ring (bicyclic) bond motifs is 1. The van der Waals surface area contributed by atoms with E-state index in [1.165, 1.54) is 12.1 Å². The molecule has 0 saturated carbocycles. The molecule has 2 aromatic carbocycles. The Bertz CT molecular complexity index is 1380. The summed E-state index contributed by atoms with van der Waals surface area (Å²) in [5, 5.41) is 5.07. The minimum Gasteiger partial charge on any atom is -0.367 e. The highest BCUT2D eigenvalue weighted by Crippen LogP contribution is 2.37. The maximum absolute atomic E-state index is 14.1. The van der Waals surface area contributed by atoms with Gasteiger partial charge in [-0.1, -0.05) is 49.7 Å². The predicted molar refractivity (Wildman–Crippen MR) is 148 cm³/mol. The molecule has 3 heterocycles. The average molecular weight is 520 g/mol. The van der Waals surface area contributed by atoms with Gasteiger partial charge in [0.15, 0.2) is 0 Å². The number of anilines is 1. The third kappa shape index (κ3) is 5.48. The molecule has 4 aromatic rings. The summed E-state index contributed by atoms with van der Waals surface area (Å²) in [5.41, 5.74) is 4.43. The van der Waals surface area contributed by atoms with E-state index < -0.39 is 0 Å². The number of benzene rings is 2. The zero-order chi connectivity index (χ0) is 25.9. The number of carbonyl (C=O) groups excluding carboxylic acids is 1. The standard InChI is InChI=1S/C29H31ClFN5O/c1-19(2)33-18-26(20-6-8-22(30)9-7-20)29(37)36-14-12-35(13-15-36)27-24-10-11-32-28(24)34-17-25(27)21-4-3-5-23(31)16-21/h3-11,16-17,19,26,33H,12-15,18H2,1-2H3,(H,32,34). The van der Waals surface area contributed by atoms with Gasteiger partial charge >= 0.3 is 0 Å². The number of nitrogens with one attached hydrogen (secondary N) is 2. The SMILES string of the molecule is CC(C)NCC(C(=O)N1CCN(c2c(-c3cccc(F)c3)cnc3[nH]ccc23)CC1)c1ccc(Cl)cc1. The van der Waals surface area contributed by atoms with E-state index in [0.717, 1.165) is 33.4 Å². The number of piperazine rings is 1. The minimum absolute atomic E-state index is 0.113. The van der Waals surface area contributed by atoms with Gasteiger partial charge in [-0.25, -0.2) is 9.37 Å². The fourth-order valence-electron chi connectivity index (χ4n) is 4.97. The number of pyridine rings is 1. The largest absolute Gasteiger partial charge is 0.367 e. The Morgan fingerprint density at radius 1 is 1.11 bits per heavy atom. The summed E-state index contributed by atoms with van der Waals surface area (Å²) < 4.78 is 14.1. The first-order valence-electron chi connectivity index (χ1n) is 12.7. The molecule has 1 atom stereocenters. The first kappa shape index (κ1) is 25.2. The Hall–Kier alpha value is -3.42. The maximum atomic E-state index is 14.1. The van der Waals surface area contributed by atoms with Gasteiger partial charge in [0, 0.05) is 67.1 Å². The van der Waals surface area contributed by atoms with E-state index in [0.29, 0.717) is 37.7 Å². The van der Waals surface area contributed by atoms with Crippen LogP contribution in [-0.2, 0) is 4.79 Å². The molecule has 2 N–H and O–H groups in total. The third-order valence-corrected chi connectivity index (χ3v) is 7.15. The van der Waals surface area contributed by atoms with E-state index in [1.807, 2.05) is 47.5 Å². The molecule has 6 nitrogen and oxygen atoms in total. The Morgan fingerprint density at radius 2 is 1.86 bits per heavy atom. The summed E-state index contributed by atoms with van der Waals surface area (Å²) in [4.78, 5) is 25.7. The number of nitrogens with zero attached hydrogens (tertiary/aromatic N) is 3. The molecule has 1 amide bonds. The van der Waals surface area contributed by atoms with Crippen LogP contribution in [0.25, 0.3) is 22.2 Å². The second-order valence-electron chi connectivity index (χ2n) is 9.75. The van der Waals surface area contributed by atoms with Crippen molar-refractivity contribution >= 4 is 34.2 Å². The van der Waals surface area contributed by atoms with Crippen molar-refractivity contribution in [2.75, 3.05) is 37.6 Å². The number of hydrogen-bond acceptors (Lipinski definition) is 4. The number of rotatable bonds is 7. The zero-order valence-electron chi connectivity index (χ0n) is 21.0. The van der Waals surface area contributed by atoms with Crippen LogP contribution in [0.2, 0.25) is 5.02 Å². The van der Waals surface area contributed by atoms with E-state index in [4.69, 9.17) is 11.6 Å². The Kier molecular flexibility index (Phi) is 7.44. The minimum atomic E-state index is -0.286. The highest BCUT2D eigenvalue weighted by atomic mass is 35.5. The topological polar surface area (TPSA) is 64.3 Å². The van der Waals surface area contributed by atoms with E-state index in [-0.39, 0.29) is 23.7 Å². The molecular formula is C29H31ClFN5O. The van der Waals surface area contributed by atoms with E-state index in [2.05, 4.69) is 34.0 Å². The van der Waals surface area contributed by atoms with E-state index in [9.17, 15) is 9.18 Å². The smallest absolute Gasteiger partial charge is 0.231 e. The lowest BCUT2D eigenvalue weighted by molar-refractivity contribution is -0.133. The number of amides is 1. The van der Waals surface area contributed by atoms with Gasteiger partial charge in [-0.2, -0.15) is 0 Å². The molecule has 37 heavy (non-hydrogen) atoms. The van der Waals surface area contributed by atoms with Crippen LogP contribution in [0.4, 0.5) is 10.1 Å². The van der Waals surface area contributed by atoms with Crippen LogP contribution < -0.4 is 10.2 Å². The van der Waals surface area contributed by atoms with Crippen molar-refractivity contribution in [1.29, 1.82) is 0 Å². The first-order valence-corrected chi connectivity index (χ1v) is 13.0. The Labute approximate surface area is 221 Å². The van der Waals surface area contributed by atoms with Crippen molar-refractivity contribution in [2.24, 2.45) is 0 Å². The Morgan fingerprint density at radius 3 is 2.57 bits per heavy atom. The second kappa shape index (κ2) is 10.9. The van der Waals surface area contributed by atoms with Crippen LogP contribution in [-0.4, -0.2) is 59.5 Å². The van der Waals surface area contributed by atoms with Gasteiger partial charge < -0.3 is 20.1 Å². The molecule has 0 aliphatic carbocycles. The molecule has 1 unspecified atom stereocenters. The molecule has 0 radical (unpaired) electrons. The van der Waals surface area contributed by atoms with Crippen molar-refractivity contribution in [1.82, 2.24) is 20.2 Å². The number of aromatic amines is 1. The van der Waals surface area contributed by atoms with Gasteiger partial charge in [0.05, 0.1) is 11.6 Å². The normalized spacial score (nSPS) is 14.9. The summed E-state index contributed by atoms with van der Waals surface area (Å²) in [6.45, 7) is 7.26. The van der Waals surface area contributed by atoms with E-state index >= 15 is 0 Å². The third-order valence-electron chi connectivity index (χ3n) is 6.90. The van der Waals surface area contributed by atoms with Crippen LogP contribution >= 0.6 is 11.6 Å². The molecule has 2 aromatic heterocycles. The fraction of sp³-hybridized carbons (Fsp3) is 0.310. The van der Waals surface area contributed by atoms with Crippen molar-refractivity contribution in [3.05, 3.63) is 83.4 Å². The monoisotopic (exact) mass is 519 g/mol. The maximum Gasteiger partial charge on any atom is 0.231 e. The van der Waals surface area contributed by atoms with Crippen molar-refractivity contribution < 1.29 is 9.18 Å². The molecule has 0 spiro atoms. The summed E-state index contributed by atoms with van der Waals surface area (Å²) in [6.07, 6.45) is 3.67. The number of aromatic nitrogens is 2. The molecule has 1 aliphatic heterocycles. The summed E-state index contributed by atoms with van der Waals surface area (Å²) in [6, 6.07) is 16.4. The van der Waals surface area contributed by atoms with Gasteiger partial charge in [-0.05, 0) is 41.5 Å². The second-order valence-corrected chi connectivity index (χ2v) is 10.2. The number of carbonyl (C=O) groups is 1. The van der Waals surface area contributed by atoms with Crippen LogP contribution in [0.1, 0.15) is 25.3 Å². The van der Waals surface area contributed by atoms with Crippen LogP contribution in [0.3, 0.4) is 0 Å². The molecule has 5 rings (SSSR count). The van der Waals surface area contributed by atoms with Crippen molar-refractivity contribution in [3.63, 3.8) is 0 Å². The number of hydrogen-bond donors (Lipinski definition) is 2. The molecule has 0 bridgehead atoms. The summed E-state index contributed by atoms with van der Waals surface area (Å²) >= 11 is 6.10. The highest BCUT2D eigenvalue weighted by Gasteiger charge is 2.30. The average Bonchev–Trinajstić information content (AvgIpc) is 3.38. The van der Waals surface area contributed by atoms with Gasteiger partial charge in [0.25, 0.3) is 0 Å². The lowest BCUT2D eigenvalue weighted by Gasteiger charge is -2.38. The van der Waals surface area contributed by atoms with Crippen molar-refractivity contribution in [2.45, 2.75) is 25.8 Å². The van der Waals surface area contributed by atoms with Crippen LogP contribution in [0, 0.1) is 5.82 Å². The van der Waals surface area contributed by atoms with E-state index in [1.54, 1.807) is 12.3 Å². The molecule has 1 aliphatic rings. The molecule has 1 saturated heterocycles. The van der Waals surface area contributed by atoms with Gasteiger partial charge in [0.1, 0.15) is 11.5 Å². The number of halogens is 2. The van der Waals surface area contributed by atoms with Crippen molar-refractivity contribution in [3.8, 4) is 11.1 Å². The van der Waals surface area contributed by atoms with Gasteiger partial charge in [-0.3, -0.25) is 4.79 Å². The van der Waals surface area contributed by atoms with Crippen LogP contribution in [0.5, 0.6) is 0 Å². The zero-order valence-corrected chi connectivity index (χ0v) is 21.8. The summed E-state index contributed by atoms with van der Waals surface area (Å²) in [5.74, 6) is -0.454. The molecule has 192 valence electrons. The van der Waals surface area contributed by atoms with Gasteiger partial charge in [0.2, 0.25) is 5.91 Å². The molecular weight excluding hydrogens is 489 g/mol. The van der Waals surface area contributed by atoms with Gasteiger partial charge in [-0.15, -0.1) is 0 Å². The fourth-order valence-corrected chi connectivity index (χ4v) is 5.09. The lowest BCUT2D eigenvalue weighted by atomic mass is 9.96. The summed E-state index contributed by atoms with van der Waals surface area (Å²) in [7, 11) is 0. The molecule has 1 fully saturated rings. The van der Waals surface area contributed by atoms with Crippen LogP contribution in [0.15, 0.2) is 67.0 Å². The lowest BCUT2D eigenvalue weighted by Crippen LogP contribution is -2.51.